The van der Waals surface area contributed by atoms with Crippen molar-refractivity contribution in [3.8, 4) is 17.1 Å². The van der Waals surface area contributed by atoms with Crippen LogP contribution in [0.3, 0.4) is 0 Å². The van der Waals surface area contributed by atoms with Gasteiger partial charge in [0.2, 0.25) is 11.8 Å². The van der Waals surface area contributed by atoms with Crippen LogP contribution in [0.15, 0.2) is 24.4 Å². The van der Waals surface area contributed by atoms with Crippen LogP contribution in [0.5, 0.6) is 5.88 Å². The number of rotatable bonds is 2. The number of hydrogen-bond donors (Lipinski definition) is 1. The fourth-order valence-electron chi connectivity index (χ4n) is 1.42. The van der Waals surface area contributed by atoms with Gasteiger partial charge in [-0.15, -0.1) is 0 Å². The standard InChI is InChI=1S/C11H12N4O/c1-7-5-9(15-11(12)14-7)8-3-4-13-10(6-8)16-2/h3-6H,1-2H3,(H2,12,14,15). The van der Waals surface area contributed by atoms with Crippen molar-refractivity contribution in [2.24, 2.45) is 0 Å². The molecule has 5 heteroatoms. The van der Waals surface area contributed by atoms with Crippen molar-refractivity contribution >= 4 is 5.95 Å². The lowest BCUT2D eigenvalue weighted by Crippen LogP contribution is -1.98. The third-order valence-corrected chi connectivity index (χ3v) is 2.11. The van der Waals surface area contributed by atoms with Crippen molar-refractivity contribution in [3.05, 3.63) is 30.1 Å². The smallest absolute Gasteiger partial charge is 0.220 e. The van der Waals surface area contributed by atoms with Gasteiger partial charge >= 0.3 is 0 Å². The van der Waals surface area contributed by atoms with Gasteiger partial charge < -0.3 is 10.5 Å². The van der Waals surface area contributed by atoms with Gasteiger partial charge in [0.15, 0.2) is 0 Å². The molecule has 2 heterocycles. The molecular formula is C11H12N4O. The van der Waals surface area contributed by atoms with E-state index in [2.05, 4.69) is 15.0 Å². The zero-order valence-electron chi connectivity index (χ0n) is 9.14. The molecule has 0 saturated carbocycles. The molecule has 0 amide bonds. The van der Waals surface area contributed by atoms with Gasteiger partial charge in [-0.25, -0.2) is 15.0 Å². The number of ether oxygens (including phenoxy) is 1. The highest BCUT2D eigenvalue weighted by Gasteiger charge is 2.04. The highest BCUT2D eigenvalue weighted by atomic mass is 16.5. The van der Waals surface area contributed by atoms with Crippen LogP contribution in [0.2, 0.25) is 0 Å². The number of nitrogens with zero attached hydrogens (tertiary/aromatic N) is 3. The molecule has 2 rings (SSSR count). The first-order chi connectivity index (χ1) is 7.69. The molecule has 0 aromatic carbocycles. The lowest BCUT2D eigenvalue weighted by molar-refractivity contribution is 0.398. The van der Waals surface area contributed by atoms with E-state index in [1.807, 2.05) is 19.1 Å². The molecule has 82 valence electrons. The molecule has 2 N–H and O–H groups in total. The van der Waals surface area contributed by atoms with Crippen molar-refractivity contribution < 1.29 is 4.74 Å². The first-order valence-corrected chi connectivity index (χ1v) is 4.80. The SMILES string of the molecule is COc1cc(-c2cc(C)nc(N)n2)ccn1. The first-order valence-electron chi connectivity index (χ1n) is 4.80. The largest absolute Gasteiger partial charge is 0.481 e. The molecule has 0 fully saturated rings. The third-order valence-electron chi connectivity index (χ3n) is 2.11. The predicted octanol–water partition coefficient (Wildman–Crippen LogP) is 1.44. The Bertz CT molecular complexity index is 493. The molecule has 0 saturated heterocycles. The summed E-state index contributed by atoms with van der Waals surface area (Å²) in [5.41, 5.74) is 8.11. The summed E-state index contributed by atoms with van der Waals surface area (Å²) >= 11 is 0. The van der Waals surface area contributed by atoms with E-state index in [1.165, 1.54) is 0 Å². The van der Waals surface area contributed by atoms with Crippen LogP contribution in [0.4, 0.5) is 5.95 Å². The van der Waals surface area contributed by atoms with E-state index in [-0.39, 0.29) is 5.95 Å². The average molecular weight is 216 g/mol. The van der Waals surface area contributed by atoms with Gasteiger partial charge in [0.05, 0.1) is 12.8 Å². The highest BCUT2D eigenvalue weighted by Crippen LogP contribution is 2.21. The Morgan fingerprint density at radius 2 is 2.06 bits per heavy atom. The van der Waals surface area contributed by atoms with Gasteiger partial charge in [0, 0.05) is 23.5 Å². The van der Waals surface area contributed by atoms with Crippen LogP contribution < -0.4 is 10.5 Å². The zero-order chi connectivity index (χ0) is 11.5. The predicted molar refractivity (Wildman–Crippen MR) is 61.0 cm³/mol. The molecule has 0 aliphatic carbocycles. The number of anilines is 1. The topological polar surface area (TPSA) is 73.9 Å². The summed E-state index contributed by atoms with van der Waals surface area (Å²) in [6.07, 6.45) is 1.67. The molecule has 0 unspecified atom stereocenters. The monoisotopic (exact) mass is 216 g/mol. The summed E-state index contributed by atoms with van der Waals surface area (Å²) in [6, 6.07) is 5.52. The molecule has 0 radical (unpaired) electrons. The number of nitrogens with two attached hydrogens (primary N) is 1. The first kappa shape index (κ1) is 10.4. The van der Waals surface area contributed by atoms with E-state index in [1.54, 1.807) is 19.4 Å². The third kappa shape index (κ3) is 2.08. The fraction of sp³-hybridized carbons (Fsp3) is 0.182. The van der Waals surface area contributed by atoms with E-state index in [9.17, 15) is 0 Å². The van der Waals surface area contributed by atoms with Crippen LogP contribution >= 0.6 is 0 Å². The van der Waals surface area contributed by atoms with Gasteiger partial charge in [-0.05, 0) is 19.1 Å². The van der Waals surface area contributed by atoms with E-state index in [4.69, 9.17) is 10.5 Å². The number of aryl methyl sites for hydroxylation is 1. The van der Waals surface area contributed by atoms with Crippen molar-refractivity contribution in [2.75, 3.05) is 12.8 Å². The number of aromatic nitrogens is 3. The zero-order valence-corrected chi connectivity index (χ0v) is 9.14. The second kappa shape index (κ2) is 4.14. The van der Waals surface area contributed by atoms with Crippen molar-refractivity contribution in [1.82, 2.24) is 15.0 Å². The maximum Gasteiger partial charge on any atom is 0.220 e. The molecule has 2 aromatic rings. The van der Waals surface area contributed by atoms with Gasteiger partial charge in [0.1, 0.15) is 0 Å². The van der Waals surface area contributed by atoms with Gasteiger partial charge in [-0.2, -0.15) is 0 Å². The summed E-state index contributed by atoms with van der Waals surface area (Å²) in [6.45, 7) is 1.87. The summed E-state index contributed by atoms with van der Waals surface area (Å²) in [7, 11) is 1.58. The number of nitrogen functional groups attached to an aromatic ring is 1. The Hall–Kier alpha value is -2.17. The van der Waals surface area contributed by atoms with Crippen LogP contribution in [-0.2, 0) is 0 Å². The number of methoxy groups -OCH3 is 1. The average Bonchev–Trinajstić information content (AvgIpc) is 2.28. The Labute approximate surface area is 93.3 Å². The molecular weight excluding hydrogens is 204 g/mol. The van der Waals surface area contributed by atoms with Crippen molar-refractivity contribution in [2.45, 2.75) is 6.92 Å². The van der Waals surface area contributed by atoms with E-state index in [0.29, 0.717) is 5.88 Å². The Morgan fingerprint density at radius 1 is 1.25 bits per heavy atom. The second-order valence-corrected chi connectivity index (χ2v) is 3.34. The van der Waals surface area contributed by atoms with E-state index >= 15 is 0 Å². The van der Waals surface area contributed by atoms with Crippen molar-refractivity contribution in [3.63, 3.8) is 0 Å². The Balaban J connectivity index is 2.49. The molecule has 0 bridgehead atoms. The van der Waals surface area contributed by atoms with E-state index in [0.717, 1.165) is 17.0 Å². The molecule has 5 nitrogen and oxygen atoms in total. The molecule has 16 heavy (non-hydrogen) atoms. The normalized spacial score (nSPS) is 10.1. The van der Waals surface area contributed by atoms with E-state index < -0.39 is 0 Å². The van der Waals surface area contributed by atoms with Crippen LogP contribution in [0.25, 0.3) is 11.3 Å². The number of pyridine rings is 1. The molecule has 0 aliphatic rings. The van der Waals surface area contributed by atoms with Gasteiger partial charge in [0.25, 0.3) is 0 Å². The fourth-order valence-corrected chi connectivity index (χ4v) is 1.42. The summed E-state index contributed by atoms with van der Waals surface area (Å²) < 4.78 is 5.05. The maximum atomic E-state index is 5.60. The summed E-state index contributed by atoms with van der Waals surface area (Å²) in [5.74, 6) is 0.818. The van der Waals surface area contributed by atoms with Crippen LogP contribution in [0.1, 0.15) is 5.69 Å². The minimum absolute atomic E-state index is 0.269. The Morgan fingerprint density at radius 3 is 2.75 bits per heavy atom. The highest BCUT2D eigenvalue weighted by molar-refractivity contribution is 5.61. The molecule has 2 aromatic heterocycles. The maximum absolute atomic E-state index is 5.60. The quantitative estimate of drug-likeness (QED) is 0.822. The van der Waals surface area contributed by atoms with Crippen LogP contribution in [0, 0.1) is 6.92 Å². The minimum atomic E-state index is 0.269. The van der Waals surface area contributed by atoms with Gasteiger partial charge in [-0.3, -0.25) is 0 Å². The lowest BCUT2D eigenvalue weighted by atomic mass is 10.2. The summed E-state index contributed by atoms with van der Waals surface area (Å²) in [5, 5.41) is 0. The summed E-state index contributed by atoms with van der Waals surface area (Å²) in [4.78, 5) is 12.2. The van der Waals surface area contributed by atoms with Crippen molar-refractivity contribution in [1.29, 1.82) is 0 Å². The Kier molecular flexibility index (Phi) is 2.68. The second-order valence-electron chi connectivity index (χ2n) is 3.34. The van der Waals surface area contributed by atoms with Crippen LogP contribution in [-0.4, -0.2) is 22.1 Å². The lowest BCUT2D eigenvalue weighted by Gasteiger charge is -2.04. The van der Waals surface area contributed by atoms with Gasteiger partial charge in [-0.1, -0.05) is 0 Å². The molecule has 0 atom stereocenters. The molecule has 0 spiro atoms. The minimum Gasteiger partial charge on any atom is -0.481 e. The molecule has 0 aliphatic heterocycles. The number of hydrogen-bond acceptors (Lipinski definition) is 5.